The Balaban J connectivity index is 1.83. The second-order valence-corrected chi connectivity index (χ2v) is 5.64. The van der Waals surface area contributed by atoms with Gasteiger partial charge in [-0.1, -0.05) is 18.2 Å². The molecule has 2 aromatic carbocycles. The lowest BCUT2D eigenvalue weighted by molar-refractivity contribution is -0.115. The molecule has 1 N–H and O–H groups in total. The standard InChI is InChI=1S/C18H19N3O3/c1-20-14-9-8-13(11-15(14)21(2)18(20)23)19-17(22)10-12-6-4-5-7-16(12)24-3/h4-9,11H,10H2,1-3H3,(H,19,22). The van der Waals surface area contributed by atoms with E-state index in [9.17, 15) is 9.59 Å². The number of rotatable bonds is 4. The number of benzene rings is 2. The minimum atomic E-state index is -0.139. The van der Waals surface area contributed by atoms with E-state index in [1.165, 1.54) is 0 Å². The maximum absolute atomic E-state index is 12.3. The average molecular weight is 325 g/mol. The van der Waals surface area contributed by atoms with E-state index in [0.717, 1.165) is 16.6 Å². The summed E-state index contributed by atoms with van der Waals surface area (Å²) in [6.07, 6.45) is 0.218. The van der Waals surface area contributed by atoms with E-state index in [0.29, 0.717) is 11.4 Å². The maximum atomic E-state index is 12.3. The summed E-state index contributed by atoms with van der Waals surface area (Å²) in [4.78, 5) is 24.3. The first-order chi connectivity index (χ1) is 11.5. The van der Waals surface area contributed by atoms with Crippen LogP contribution < -0.4 is 15.7 Å². The Labute approximate surface area is 139 Å². The van der Waals surface area contributed by atoms with Crippen molar-refractivity contribution in [2.45, 2.75) is 6.42 Å². The number of hydrogen-bond donors (Lipinski definition) is 1. The monoisotopic (exact) mass is 325 g/mol. The van der Waals surface area contributed by atoms with Crippen molar-refractivity contribution in [3.63, 3.8) is 0 Å². The van der Waals surface area contributed by atoms with Gasteiger partial charge in [-0.3, -0.25) is 13.9 Å². The van der Waals surface area contributed by atoms with Crippen LogP contribution in [0.4, 0.5) is 5.69 Å². The highest BCUT2D eigenvalue weighted by atomic mass is 16.5. The van der Waals surface area contributed by atoms with Gasteiger partial charge in [0.15, 0.2) is 0 Å². The van der Waals surface area contributed by atoms with Crippen molar-refractivity contribution in [1.29, 1.82) is 0 Å². The number of anilines is 1. The Bertz CT molecular complexity index is 969. The van der Waals surface area contributed by atoms with Gasteiger partial charge in [0, 0.05) is 25.3 Å². The van der Waals surface area contributed by atoms with Crippen molar-refractivity contribution in [2.75, 3.05) is 12.4 Å². The third-order valence-electron chi connectivity index (χ3n) is 4.10. The Hall–Kier alpha value is -3.02. The first-order valence-electron chi connectivity index (χ1n) is 7.58. The summed E-state index contributed by atoms with van der Waals surface area (Å²) in [5, 5.41) is 2.87. The number of aryl methyl sites for hydroxylation is 2. The molecule has 3 rings (SSSR count). The number of amides is 1. The molecular weight excluding hydrogens is 306 g/mol. The maximum Gasteiger partial charge on any atom is 0.328 e. The molecule has 0 aliphatic carbocycles. The smallest absolute Gasteiger partial charge is 0.328 e. The van der Waals surface area contributed by atoms with Gasteiger partial charge in [0.2, 0.25) is 5.91 Å². The molecule has 0 fully saturated rings. The number of methoxy groups -OCH3 is 1. The molecular formula is C18H19N3O3. The van der Waals surface area contributed by atoms with E-state index in [2.05, 4.69) is 5.32 Å². The van der Waals surface area contributed by atoms with Crippen LogP contribution in [0.25, 0.3) is 11.0 Å². The van der Waals surface area contributed by atoms with E-state index in [1.54, 1.807) is 42.5 Å². The second-order valence-electron chi connectivity index (χ2n) is 5.64. The quantitative estimate of drug-likeness (QED) is 0.798. The lowest BCUT2D eigenvalue weighted by atomic mass is 10.1. The zero-order valence-corrected chi connectivity index (χ0v) is 13.9. The summed E-state index contributed by atoms with van der Waals surface area (Å²) in [5.41, 5.74) is 2.99. The number of para-hydroxylation sites is 1. The number of hydrogen-bond acceptors (Lipinski definition) is 3. The topological polar surface area (TPSA) is 65.3 Å². The number of nitrogens with one attached hydrogen (secondary N) is 1. The minimum absolute atomic E-state index is 0.0949. The van der Waals surface area contributed by atoms with Crippen LogP contribution in [-0.4, -0.2) is 22.2 Å². The van der Waals surface area contributed by atoms with Gasteiger partial charge >= 0.3 is 5.69 Å². The molecule has 24 heavy (non-hydrogen) atoms. The fraction of sp³-hybridized carbons (Fsp3) is 0.222. The normalized spacial score (nSPS) is 10.8. The molecule has 0 aliphatic rings. The molecule has 0 saturated carbocycles. The summed E-state index contributed by atoms with van der Waals surface area (Å²) in [5.74, 6) is 0.549. The molecule has 0 radical (unpaired) electrons. The zero-order valence-electron chi connectivity index (χ0n) is 13.9. The van der Waals surface area contributed by atoms with E-state index >= 15 is 0 Å². The number of ether oxygens (including phenoxy) is 1. The molecule has 6 heteroatoms. The van der Waals surface area contributed by atoms with E-state index in [4.69, 9.17) is 4.74 Å². The molecule has 124 valence electrons. The summed E-state index contributed by atoms with van der Waals surface area (Å²) in [6.45, 7) is 0. The molecule has 1 heterocycles. The molecule has 3 aromatic rings. The summed E-state index contributed by atoms with van der Waals surface area (Å²) >= 11 is 0. The van der Waals surface area contributed by atoms with Crippen LogP contribution in [0, 0.1) is 0 Å². The highest BCUT2D eigenvalue weighted by molar-refractivity contribution is 5.94. The molecule has 0 atom stereocenters. The van der Waals surface area contributed by atoms with Crippen molar-refractivity contribution in [1.82, 2.24) is 9.13 Å². The van der Waals surface area contributed by atoms with E-state index in [-0.39, 0.29) is 18.0 Å². The van der Waals surface area contributed by atoms with Crippen LogP contribution in [-0.2, 0) is 25.3 Å². The van der Waals surface area contributed by atoms with Gasteiger partial charge in [-0.15, -0.1) is 0 Å². The van der Waals surface area contributed by atoms with Crippen molar-refractivity contribution in [3.05, 3.63) is 58.5 Å². The third kappa shape index (κ3) is 2.78. The molecule has 0 aliphatic heterocycles. The van der Waals surface area contributed by atoms with Crippen molar-refractivity contribution in [2.24, 2.45) is 14.1 Å². The van der Waals surface area contributed by atoms with Crippen molar-refractivity contribution >= 4 is 22.6 Å². The Kier molecular flexibility index (Phi) is 4.12. The largest absolute Gasteiger partial charge is 0.496 e. The number of carbonyl (C=O) groups excluding carboxylic acids is 1. The first kappa shape index (κ1) is 15.9. The van der Waals surface area contributed by atoms with Crippen molar-refractivity contribution in [3.8, 4) is 5.75 Å². The molecule has 6 nitrogen and oxygen atoms in total. The molecule has 0 bridgehead atoms. The SMILES string of the molecule is COc1ccccc1CC(=O)Nc1ccc2c(c1)n(C)c(=O)n2C. The molecule has 1 aromatic heterocycles. The van der Waals surface area contributed by atoms with Gasteiger partial charge in [0.25, 0.3) is 0 Å². The van der Waals surface area contributed by atoms with Gasteiger partial charge in [-0.2, -0.15) is 0 Å². The second kappa shape index (κ2) is 6.23. The number of imidazole rings is 1. The Morgan fingerprint density at radius 3 is 2.54 bits per heavy atom. The summed E-state index contributed by atoms with van der Waals surface area (Å²) in [6, 6.07) is 12.9. The number of fused-ring (bicyclic) bond motifs is 1. The molecule has 0 unspecified atom stereocenters. The van der Waals surface area contributed by atoms with Crippen LogP contribution in [0.15, 0.2) is 47.3 Å². The predicted molar refractivity (Wildman–Crippen MR) is 93.5 cm³/mol. The molecule has 0 saturated heterocycles. The lowest BCUT2D eigenvalue weighted by Gasteiger charge is -2.09. The van der Waals surface area contributed by atoms with Crippen LogP contribution in [0.1, 0.15) is 5.56 Å². The Morgan fingerprint density at radius 2 is 1.79 bits per heavy atom. The number of carbonyl (C=O) groups is 1. The van der Waals surface area contributed by atoms with Crippen LogP contribution in [0.2, 0.25) is 0 Å². The lowest BCUT2D eigenvalue weighted by Crippen LogP contribution is -2.19. The summed E-state index contributed by atoms with van der Waals surface area (Å²) in [7, 11) is 5.02. The average Bonchev–Trinajstić information content (AvgIpc) is 2.79. The molecule has 1 amide bonds. The van der Waals surface area contributed by atoms with Crippen molar-refractivity contribution < 1.29 is 9.53 Å². The fourth-order valence-electron chi connectivity index (χ4n) is 2.81. The minimum Gasteiger partial charge on any atom is -0.496 e. The summed E-state index contributed by atoms with van der Waals surface area (Å²) < 4.78 is 8.40. The van der Waals surface area contributed by atoms with Crippen LogP contribution in [0.5, 0.6) is 5.75 Å². The zero-order chi connectivity index (χ0) is 17.3. The van der Waals surface area contributed by atoms with Gasteiger partial charge in [-0.25, -0.2) is 4.79 Å². The van der Waals surface area contributed by atoms with Crippen LogP contribution in [0.3, 0.4) is 0 Å². The Morgan fingerprint density at radius 1 is 1.08 bits per heavy atom. The van der Waals surface area contributed by atoms with Gasteiger partial charge in [0.1, 0.15) is 5.75 Å². The highest BCUT2D eigenvalue weighted by Gasteiger charge is 2.11. The first-order valence-corrected chi connectivity index (χ1v) is 7.58. The third-order valence-corrected chi connectivity index (χ3v) is 4.10. The highest BCUT2D eigenvalue weighted by Crippen LogP contribution is 2.20. The number of nitrogens with zero attached hydrogens (tertiary/aromatic N) is 2. The fourth-order valence-corrected chi connectivity index (χ4v) is 2.81. The van der Waals surface area contributed by atoms with E-state index < -0.39 is 0 Å². The van der Waals surface area contributed by atoms with Gasteiger partial charge in [-0.05, 0) is 24.3 Å². The van der Waals surface area contributed by atoms with Gasteiger partial charge in [0.05, 0.1) is 24.6 Å². The van der Waals surface area contributed by atoms with Gasteiger partial charge < -0.3 is 10.1 Å². The molecule has 0 spiro atoms. The van der Waals surface area contributed by atoms with E-state index in [1.807, 2.05) is 30.3 Å². The number of aromatic nitrogens is 2. The predicted octanol–water partition coefficient (Wildman–Crippen LogP) is 2.07. The van der Waals surface area contributed by atoms with Crippen LogP contribution >= 0.6 is 0 Å².